The Morgan fingerprint density at radius 1 is 1.28 bits per heavy atom. The molecule has 0 saturated carbocycles. The Hall–Kier alpha value is -1.84. The third kappa shape index (κ3) is 3.87. The molecule has 1 aromatic rings. The second-order valence-corrected chi connectivity index (χ2v) is 5.05. The summed E-state index contributed by atoms with van der Waals surface area (Å²) in [4.78, 5) is 21.7. The lowest BCUT2D eigenvalue weighted by molar-refractivity contribution is -0.140. The molecule has 18 heavy (non-hydrogen) atoms. The summed E-state index contributed by atoms with van der Waals surface area (Å²) in [5.74, 6) is -1.56. The predicted octanol–water partition coefficient (Wildman–Crippen LogP) is 1.86. The zero-order valence-corrected chi connectivity index (χ0v) is 11.0. The van der Waals surface area contributed by atoms with Crippen molar-refractivity contribution in [1.29, 1.82) is 0 Å². The topological polar surface area (TPSA) is 66.4 Å². The van der Waals surface area contributed by atoms with Crippen molar-refractivity contribution in [2.24, 2.45) is 0 Å². The van der Waals surface area contributed by atoms with Crippen LogP contribution in [0.15, 0.2) is 24.3 Å². The highest BCUT2D eigenvalue weighted by Gasteiger charge is 2.23. The summed E-state index contributed by atoms with van der Waals surface area (Å²) in [6, 6.07) is 7.98. The second kappa shape index (κ2) is 5.67. The number of benzene rings is 1. The van der Waals surface area contributed by atoms with E-state index in [1.807, 2.05) is 45.0 Å². The van der Waals surface area contributed by atoms with E-state index in [1.165, 1.54) is 0 Å². The Balaban J connectivity index is 2.68. The fourth-order valence-corrected chi connectivity index (χ4v) is 1.95. The van der Waals surface area contributed by atoms with Crippen LogP contribution >= 0.6 is 0 Å². The predicted molar refractivity (Wildman–Crippen MR) is 69.5 cm³/mol. The Morgan fingerprint density at radius 2 is 1.89 bits per heavy atom. The Morgan fingerprint density at radius 3 is 2.44 bits per heavy atom. The number of carbonyl (C=O) groups excluding carboxylic acids is 1. The SMILES string of the molecule is Cc1ccccc1C(C)(C)CNC(=O)CC(=O)O. The number of rotatable bonds is 5. The molecule has 0 aromatic heterocycles. The summed E-state index contributed by atoms with van der Waals surface area (Å²) in [5.41, 5.74) is 2.09. The molecule has 0 bridgehead atoms. The van der Waals surface area contributed by atoms with E-state index in [1.54, 1.807) is 0 Å². The van der Waals surface area contributed by atoms with Crippen molar-refractivity contribution >= 4 is 11.9 Å². The van der Waals surface area contributed by atoms with Gasteiger partial charge in [0.1, 0.15) is 6.42 Å². The number of aliphatic carboxylic acids is 1. The van der Waals surface area contributed by atoms with Gasteiger partial charge >= 0.3 is 5.97 Å². The van der Waals surface area contributed by atoms with Crippen molar-refractivity contribution < 1.29 is 14.7 Å². The molecular weight excluding hydrogens is 230 g/mol. The fraction of sp³-hybridized carbons (Fsp3) is 0.429. The summed E-state index contributed by atoms with van der Waals surface area (Å²) >= 11 is 0. The van der Waals surface area contributed by atoms with E-state index in [-0.39, 0.29) is 5.41 Å². The largest absolute Gasteiger partial charge is 0.481 e. The summed E-state index contributed by atoms with van der Waals surface area (Å²) in [5, 5.41) is 11.2. The third-order valence-corrected chi connectivity index (χ3v) is 2.91. The van der Waals surface area contributed by atoms with Crippen LogP contribution in [0.25, 0.3) is 0 Å². The summed E-state index contributed by atoms with van der Waals surface area (Å²) in [7, 11) is 0. The molecule has 0 atom stereocenters. The number of hydrogen-bond donors (Lipinski definition) is 2. The highest BCUT2D eigenvalue weighted by Crippen LogP contribution is 2.25. The van der Waals surface area contributed by atoms with Crippen molar-refractivity contribution in [3.8, 4) is 0 Å². The van der Waals surface area contributed by atoms with Gasteiger partial charge in [-0.2, -0.15) is 0 Å². The molecule has 0 unspecified atom stereocenters. The maximum atomic E-state index is 11.3. The van der Waals surface area contributed by atoms with Crippen LogP contribution in [0.1, 0.15) is 31.4 Å². The lowest BCUT2D eigenvalue weighted by Crippen LogP contribution is -2.37. The molecule has 1 amide bonds. The van der Waals surface area contributed by atoms with Gasteiger partial charge in [0, 0.05) is 12.0 Å². The number of nitrogens with one attached hydrogen (secondary N) is 1. The third-order valence-electron chi connectivity index (χ3n) is 2.91. The lowest BCUT2D eigenvalue weighted by Gasteiger charge is -2.27. The Labute approximate surface area is 107 Å². The van der Waals surface area contributed by atoms with E-state index in [0.29, 0.717) is 6.54 Å². The van der Waals surface area contributed by atoms with E-state index < -0.39 is 18.3 Å². The first-order valence-electron chi connectivity index (χ1n) is 5.87. The Kier molecular flexibility index (Phi) is 4.48. The first kappa shape index (κ1) is 14.2. The zero-order valence-electron chi connectivity index (χ0n) is 11.0. The molecule has 0 aliphatic heterocycles. The molecule has 0 aliphatic rings. The average Bonchev–Trinajstić information content (AvgIpc) is 2.26. The number of aryl methyl sites for hydroxylation is 1. The normalized spacial score (nSPS) is 11.1. The van der Waals surface area contributed by atoms with E-state index in [9.17, 15) is 9.59 Å². The van der Waals surface area contributed by atoms with Gasteiger partial charge in [-0.25, -0.2) is 0 Å². The van der Waals surface area contributed by atoms with Gasteiger partial charge in [0.2, 0.25) is 5.91 Å². The first-order chi connectivity index (χ1) is 8.33. The molecule has 0 spiro atoms. The fourth-order valence-electron chi connectivity index (χ4n) is 1.95. The maximum absolute atomic E-state index is 11.3. The van der Waals surface area contributed by atoms with Crippen LogP contribution < -0.4 is 5.32 Å². The monoisotopic (exact) mass is 249 g/mol. The van der Waals surface area contributed by atoms with Crippen molar-refractivity contribution in [2.75, 3.05) is 6.54 Å². The number of carbonyl (C=O) groups is 2. The van der Waals surface area contributed by atoms with Gasteiger partial charge in [0.25, 0.3) is 0 Å². The van der Waals surface area contributed by atoms with Crippen LogP contribution in [0.3, 0.4) is 0 Å². The number of amides is 1. The minimum Gasteiger partial charge on any atom is -0.481 e. The smallest absolute Gasteiger partial charge is 0.312 e. The standard InChI is InChI=1S/C14H19NO3/c1-10-6-4-5-7-11(10)14(2,3)9-15-12(16)8-13(17)18/h4-7H,8-9H2,1-3H3,(H,15,16)(H,17,18). The van der Waals surface area contributed by atoms with Crippen molar-refractivity contribution in [2.45, 2.75) is 32.6 Å². The van der Waals surface area contributed by atoms with E-state index in [2.05, 4.69) is 5.32 Å². The van der Waals surface area contributed by atoms with Crippen LogP contribution in [0.4, 0.5) is 0 Å². The summed E-state index contributed by atoms with van der Waals surface area (Å²) < 4.78 is 0. The van der Waals surface area contributed by atoms with Crippen LogP contribution in [0.5, 0.6) is 0 Å². The lowest BCUT2D eigenvalue weighted by atomic mass is 9.82. The summed E-state index contributed by atoms with van der Waals surface area (Å²) in [6.45, 7) is 6.49. The second-order valence-electron chi connectivity index (χ2n) is 5.05. The van der Waals surface area contributed by atoms with E-state index >= 15 is 0 Å². The highest BCUT2D eigenvalue weighted by molar-refractivity contribution is 5.93. The molecular formula is C14H19NO3. The molecule has 0 heterocycles. The van der Waals surface area contributed by atoms with Crippen LogP contribution in [0.2, 0.25) is 0 Å². The van der Waals surface area contributed by atoms with Gasteiger partial charge < -0.3 is 10.4 Å². The maximum Gasteiger partial charge on any atom is 0.312 e. The molecule has 0 fully saturated rings. The molecule has 2 N–H and O–H groups in total. The quantitative estimate of drug-likeness (QED) is 0.783. The van der Waals surface area contributed by atoms with Gasteiger partial charge in [0.15, 0.2) is 0 Å². The van der Waals surface area contributed by atoms with Gasteiger partial charge in [0.05, 0.1) is 0 Å². The highest BCUT2D eigenvalue weighted by atomic mass is 16.4. The van der Waals surface area contributed by atoms with Crippen LogP contribution in [-0.4, -0.2) is 23.5 Å². The molecule has 0 aliphatic carbocycles. The van der Waals surface area contributed by atoms with Crippen molar-refractivity contribution in [1.82, 2.24) is 5.32 Å². The van der Waals surface area contributed by atoms with Crippen LogP contribution in [0, 0.1) is 6.92 Å². The molecule has 98 valence electrons. The van der Waals surface area contributed by atoms with Gasteiger partial charge in [-0.05, 0) is 18.1 Å². The molecule has 4 heteroatoms. The molecule has 0 radical (unpaired) electrons. The molecule has 1 aromatic carbocycles. The Bertz CT molecular complexity index is 452. The van der Waals surface area contributed by atoms with Gasteiger partial charge in [-0.3, -0.25) is 9.59 Å². The van der Waals surface area contributed by atoms with E-state index in [4.69, 9.17) is 5.11 Å². The number of hydrogen-bond acceptors (Lipinski definition) is 2. The van der Waals surface area contributed by atoms with Crippen molar-refractivity contribution in [3.63, 3.8) is 0 Å². The average molecular weight is 249 g/mol. The minimum absolute atomic E-state index is 0.223. The van der Waals surface area contributed by atoms with Gasteiger partial charge in [-0.1, -0.05) is 38.1 Å². The minimum atomic E-state index is -1.11. The molecule has 4 nitrogen and oxygen atoms in total. The number of carboxylic acids is 1. The van der Waals surface area contributed by atoms with Crippen molar-refractivity contribution in [3.05, 3.63) is 35.4 Å². The zero-order chi connectivity index (χ0) is 13.8. The molecule has 1 rings (SSSR count). The van der Waals surface area contributed by atoms with Gasteiger partial charge in [-0.15, -0.1) is 0 Å². The van der Waals surface area contributed by atoms with Crippen LogP contribution in [-0.2, 0) is 15.0 Å². The summed E-state index contributed by atoms with van der Waals surface area (Å²) in [6.07, 6.45) is -0.482. The number of carboxylic acid groups (broad SMARTS) is 1. The molecule has 0 saturated heterocycles. The van der Waals surface area contributed by atoms with E-state index in [0.717, 1.165) is 11.1 Å². The first-order valence-corrected chi connectivity index (χ1v) is 5.87.